The average Bonchev–Trinajstić information content (AvgIpc) is 2.39. The highest BCUT2D eigenvalue weighted by Crippen LogP contribution is 2.17. The van der Waals surface area contributed by atoms with Crippen molar-refractivity contribution in [2.75, 3.05) is 30.4 Å². The second-order valence-corrected chi connectivity index (χ2v) is 4.14. The molecule has 0 radical (unpaired) electrons. The average molecular weight is 259 g/mol. The van der Waals surface area contributed by atoms with E-state index in [1.807, 2.05) is 43.1 Å². The highest BCUT2D eigenvalue weighted by atomic mass is 16.3. The number of nitrogens with one attached hydrogen (secondary N) is 1. The normalized spacial score (nSPS) is 10.3. The van der Waals surface area contributed by atoms with Crippen LogP contribution in [0.15, 0.2) is 30.5 Å². The number of aliphatic hydroxyl groups excluding tert-OH is 1. The van der Waals surface area contributed by atoms with Gasteiger partial charge in [0.2, 0.25) is 0 Å². The first-order chi connectivity index (χ1) is 9.19. The molecule has 0 saturated carbocycles. The van der Waals surface area contributed by atoms with E-state index >= 15 is 0 Å². The Hall–Kier alpha value is -2.21. The van der Waals surface area contributed by atoms with Crippen LogP contribution >= 0.6 is 0 Å². The molecule has 0 saturated heterocycles. The lowest BCUT2D eigenvalue weighted by molar-refractivity contribution is 0.304. The van der Waals surface area contributed by atoms with Crippen molar-refractivity contribution in [3.05, 3.63) is 36.3 Å². The van der Waals surface area contributed by atoms with Crippen molar-refractivity contribution in [1.82, 2.24) is 15.0 Å². The Morgan fingerprint density at radius 1 is 1.26 bits per heavy atom. The summed E-state index contributed by atoms with van der Waals surface area (Å²) in [5.74, 6) is 2.85. The number of aryl methyl sites for hydroxylation is 1. The van der Waals surface area contributed by atoms with Crippen LogP contribution in [0.5, 0.6) is 0 Å². The van der Waals surface area contributed by atoms with Gasteiger partial charge in [0, 0.05) is 25.9 Å². The molecule has 2 N–H and O–H groups in total. The zero-order valence-corrected chi connectivity index (χ0v) is 11.0. The van der Waals surface area contributed by atoms with Gasteiger partial charge in [0.15, 0.2) is 0 Å². The molecule has 0 unspecified atom stereocenters. The molecule has 2 aromatic rings. The minimum absolute atomic E-state index is 0.0859. The fourth-order valence-corrected chi connectivity index (χ4v) is 1.64. The van der Waals surface area contributed by atoms with Crippen LogP contribution in [-0.2, 0) is 0 Å². The summed E-state index contributed by atoms with van der Waals surface area (Å²) in [5, 5.41) is 12.1. The van der Waals surface area contributed by atoms with Crippen LogP contribution in [0.4, 0.5) is 17.5 Å². The van der Waals surface area contributed by atoms with E-state index in [-0.39, 0.29) is 6.61 Å². The third kappa shape index (κ3) is 3.62. The van der Waals surface area contributed by atoms with Gasteiger partial charge in [0.05, 0.1) is 6.61 Å². The molecule has 100 valence electrons. The Labute approximate surface area is 112 Å². The fourth-order valence-electron chi connectivity index (χ4n) is 1.64. The molecular weight excluding hydrogens is 242 g/mol. The maximum absolute atomic E-state index is 8.96. The maximum atomic E-state index is 8.96. The lowest BCUT2D eigenvalue weighted by Crippen LogP contribution is -2.22. The van der Waals surface area contributed by atoms with Crippen LogP contribution in [0.3, 0.4) is 0 Å². The molecule has 0 amide bonds. The second-order valence-electron chi connectivity index (χ2n) is 4.14. The van der Waals surface area contributed by atoms with E-state index in [9.17, 15) is 0 Å². The summed E-state index contributed by atoms with van der Waals surface area (Å²) in [5.41, 5.74) is 0. The number of nitrogens with zero attached hydrogens (tertiary/aromatic N) is 4. The van der Waals surface area contributed by atoms with Gasteiger partial charge in [-0.05, 0) is 19.1 Å². The number of likely N-dealkylation sites (N-methyl/N-ethyl adjacent to an activating group) is 1. The summed E-state index contributed by atoms with van der Waals surface area (Å²) in [6, 6.07) is 7.46. The second kappa shape index (κ2) is 6.10. The Balaban J connectivity index is 2.21. The third-order valence-electron chi connectivity index (χ3n) is 2.57. The van der Waals surface area contributed by atoms with Crippen molar-refractivity contribution >= 4 is 17.5 Å². The van der Waals surface area contributed by atoms with Gasteiger partial charge in [-0.1, -0.05) is 6.07 Å². The van der Waals surface area contributed by atoms with Crippen LogP contribution < -0.4 is 10.2 Å². The van der Waals surface area contributed by atoms with Gasteiger partial charge in [-0.3, -0.25) is 0 Å². The van der Waals surface area contributed by atoms with Gasteiger partial charge in [0.25, 0.3) is 0 Å². The number of hydrogen-bond donors (Lipinski definition) is 2. The van der Waals surface area contributed by atoms with E-state index in [0.717, 1.165) is 11.6 Å². The van der Waals surface area contributed by atoms with E-state index in [1.165, 1.54) is 0 Å². The highest BCUT2D eigenvalue weighted by molar-refractivity contribution is 5.56. The summed E-state index contributed by atoms with van der Waals surface area (Å²) >= 11 is 0. The molecule has 0 atom stereocenters. The number of anilines is 3. The lowest BCUT2D eigenvalue weighted by atomic mass is 10.4. The summed E-state index contributed by atoms with van der Waals surface area (Å²) in [4.78, 5) is 14.7. The molecule has 0 spiro atoms. The Kier molecular flexibility index (Phi) is 4.25. The molecule has 2 aromatic heterocycles. The first-order valence-corrected chi connectivity index (χ1v) is 6.05. The lowest BCUT2D eigenvalue weighted by Gasteiger charge is -2.18. The minimum atomic E-state index is 0.0859. The van der Waals surface area contributed by atoms with E-state index in [1.54, 1.807) is 6.20 Å². The Morgan fingerprint density at radius 3 is 2.79 bits per heavy atom. The first kappa shape index (κ1) is 13.2. The third-order valence-corrected chi connectivity index (χ3v) is 2.57. The van der Waals surface area contributed by atoms with Crippen LogP contribution in [0.1, 0.15) is 5.82 Å². The van der Waals surface area contributed by atoms with Crippen molar-refractivity contribution in [3.8, 4) is 0 Å². The zero-order valence-electron chi connectivity index (χ0n) is 11.0. The summed E-state index contributed by atoms with van der Waals surface area (Å²) in [7, 11) is 1.88. The molecule has 0 aliphatic carbocycles. The standard InChI is InChI=1S/C13H17N5O/c1-10-15-12(17-11-5-3-4-6-14-11)9-13(16-10)18(2)7-8-19/h3-6,9,19H,7-8H2,1-2H3,(H,14,15,16,17). The molecule has 0 fully saturated rings. The van der Waals surface area contributed by atoms with Gasteiger partial charge in [-0.15, -0.1) is 0 Å². The van der Waals surface area contributed by atoms with Gasteiger partial charge < -0.3 is 15.3 Å². The fraction of sp³-hybridized carbons (Fsp3) is 0.308. The molecule has 0 aliphatic rings. The van der Waals surface area contributed by atoms with Crippen LogP contribution in [0, 0.1) is 6.92 Å². The van der Waals surface area contributed by atoms with Gasteiger partial charge in [-0.25, -0.2) is 15.0 Å². The molecule has 0 bridgehead atoms. The van der Waals surface area contributed by atoms with E-state index in [2.05, 4.69) is 20.3 Å². The summed E-state index contributed by atoms with van der Waals surface area (Å²) in [6.07, 6.45) is 1.72. The molecule has 2 rings (SSSR count). The predicted molar refractivity (Wildman–Crippen MR) is 74.6 cm³/mol. The number of aromatic nitrogens is 3. The molecule has 6 heteroatoms. The van der Waals surface area contributed by atoms with Crippen LogP contribution in [0.25, 0.3) is 0 Å². The SMILES string of the molecule is Cc1nc(Nc2ccccn2)cc(N(C)CCO)n1. The number of pyridine rings is 1. The van der Waals surface area contributed by atoms with Crippen molar-refractivity contribution < 1.29 is 5.11 Å². The van der Waals surface area contributed by atoms with Crippen LogP contribution in [0.2, 0.25) is 0 Å². The zero-order chi connectivity index (χ0) is 13.7. The smallest absolute Gasteiger partial charge is 0.137 e. The molecule has 19 heavy (non-hydrogen) atoms. The minimum Gasteiger partial charge on any atom is -0.395 e. The molecular formula is C13H17N5O. The van der Waals surface area contributed by atoms with Crippen molar-refractivity contribution in [1.29, 1.82) is 0 Å². The molecule has 6 nitrogen and oxygen atoms in total. The van der Waals surface area contributed by atoms with Crippen LogP contribution in [-0.4, -0.2) is 40.3 Å². The van der Waals surface area contributed by atoms with Gasteiger partial charge in [0.1, 0.15) is 23.3 Å². The molecule has 0 aromatic carbocycles. The van der Waals surface area contributed by atoms with E-state index in [0.29, 0.717) is 18.2 Å². The highest BCUT2D eigenvalue weighted by Gasteiger charge is 2.06. The van der Waals surface area contributed by atoms with Gasteiger partial charge >= 0.3 is 0 Å². The van der Waals surface area contributed by atoms with Crippen molar-refractivity contribution in [3.63, 3.8) is 0 Å². The quantitative estimate of drug-likeness (QED) is 0.844. The Bertz CT molecular complexity index is 532. The molecule has 0 aliphatic heterocycles. The summed E-state index contributed by atoms with van der Waals surface area (Å²) in [6.45, 7) is 2.45. The largest absolute Gasteiger partial charge is 0.395 e. The number of rotatable bonds is 5. The number of aliphatic hydroxyl groups is 1. The predicted octanol–water partition coefficient (Wildman–Crippen LogP) is 1.35. The molecule has 2 heterocycles. The summed E-state index contributed by atoms with van der Waals surface area (Å²) < 4.78 is 0. The maximum Gasteiger partial charge on any atom is 0.137 e. The number of hydrogen-bond acceptors (Lipinski definition) is 6. The van der Waals surface area contributed by atoms with Crippen molar-refractivity contribution in [2.45, 2.75) is 6.92 Å². The van der Waals surface area contributed by atoms with E-state index in [4.69, 9.17) is 5.11 Å². The Morgan fingerprint density at radius 2 is 2.11 bits per heavy atom. The monoisotopic (exact) mass is 259 g/mol. The first-order valence-electron chi connectivity index (χ1n) is 6.05. The van der Waals surface area contributed by atoms with E-state index < -0.39 is 0 Å². The van der Waals surface area contributed by atoms with Crippen molar-refractivity contribution in [2.24, 2.45) is 0 Å². The van der Waals surface area contributed by atoms with Gasteiger partial charge in [-0.2, -0.15) is 0 Å². The topological polar surface area (TPSA) is 74.2 Å².